The van der Waals surface area contributed by atoms with Gasteiger partial charge in [0.2, 0.25) is 0 Å². The highest BCUT2D eigenvalue weighted by atomic mass is 32.2. The molecule has 0 spiro atoms. The van der Waals surface area contributed by atoms with Gasteiger partial charge in [0.15, 0.2) is 0 Å². The second-order valence-electron chi connectivity index (χ2n) is 6.86. The molecule has 0 unspecified atom stereocenters. The Bertz CT molecular complexity index is 1120. The number of hydrogen-bond donors (Lipinski definition) is 1. The van der Waals surface area contributed by atoms with Crippen LogP contribution in [-0.2, 0) is 23.0 Å². The Balaban J connectivity index is 1.73. The van der Waals surface area contributed by atoms with Gasteiger partial charge in [0, 0.05) is 30.8 Å². The van der Waals surface area contributed by atoms with E-state index >= 15 is 0 Å². The molecule has 0 radical (unpaired) electrons. The van der Waals surface area contributed by atoms with E-state index in [0.717, 1.165) is 42.9 Å². The number of benzene rings is 2. The lowest BCUT2D eigenvalue weighted by Crippen LogP contribution is -2.15. The Morgan fingerprint density at radius 1 is 1.07 bits per heavy atom. The molecule has 2 aromatic carbocycles. The van der Waals surface area contributed by atoms with Crippen molar-refractivity contribution in [2.75, 3.05) is 18.9 Å². The van der Waals surface area contributed by atoms with Crippen LogP contribution in [0.1, 0.15) is 18.7 Å². The first kappa shape index (κ1) is 19.3. The van der Waals surface area contributed by atoms with E-state index in [-0.39, 0.29) is 10.6 Å². The van der Waals surface area contributed by atoms with Gasteiger partial charge in [-0.1, -0.05) is 18.2 Å². The second kappa shape index (κ2) is 7.79. The van der Waals surface area contributed by atoms with Crippen molar-refractivity contribution in [2.24, 2.45) is 0 Å². The Morgan fingerprint density at radius 3 is 2.66 bits per heavy atom. The van der Waals surface area contributed by atoms with Gasteiger partial charge in [-0.05, 0) is 31.0 Å². The van der Waals surface area contributed by atoms with E-state index in [4.69, 9.17) is 14.5 Å². The highest BCUT2D eigenvalue weighted by molar-refractivity contribution is 7.92. The Hall–Kier alpha value is -3.00. The summed E-state index contributed by atoms with van der Waals surface area (Å²) in [7, 11) is -0.988. The maximum absolute atomic E-state index is 13.2. The number of para-hydroxylation sites is 1. The Kier molecular flexibility index (Phi) is 5.19. The molecule has 0 saturated heterocycles. The number of rotatable bonds is 6. The van der Waals surface area contributed by atoms with Crippen molar-refractivity contribution in [1.82, 2.24) is 9.55 Å². The van der Waals surface area contributed by atoms with Crippen LogP contribution in [0.4, 0.5) is 5.69 Å². The van der Waals surface area contributed by atoms with Crippen LogP contribution in [0.2, 0.25) is 0 Å². The van der Waals surface area contributed by atoms with Gasteiger partial charge in [-0.15, -0.1) is 0 Å². The lowest BCUT2D eigenvalue weighted by Gasteiger charge is -2.14. The zero-order valence-electron chi connectivity index (χ0n) is 16.4. The van der Waals surface area contributed by atoms with E-state index in [1.54, 1.807) is 24.3 Å². The highest BCUT2D eigenvalue weighted by Crippen LogP contribution is 2.33. The molecule has 0 amide bonds. The predicted molar refractivity (Wildman–Crippen MR) is 111 cm³/mol. The fourth-order valence-corrected chi connectivity index (χ4v) is 4.80. The lowest BCUT2D eigenvalue weighted by molar-refractivity contribution is 0.392. The zero-order valence-corrected chi connectivity index (χ0v) is 17.2. The monoisotopic (exact) mass is 413 g/mol. The Labute approximate surface area is 170 Å². The third kappa shape index (κ3) is 3.80. The average Bonchev–Trinajstić information content (AvgIpc) is 3.17. The summed E-state index contributed by atoms with van der Waals surface area (Å²) < 4.78 is 41.6. The molecule has 2 heterocycles. The summed E-state index contributed by atoms with van der Waals surface area (Å²) in [5.74, 6) is 1.72. The first-order chi connectivity index (χ1) is 14.0. The van der Waals surface area contributed by atoms with Crippen LogP contribution >= 0.6 is 0 Å². The van der Waals surface area contributed by atoms with Crippen LogP contribution < -0.4 is 14.2 Å². The van der Waals surface area contributed by atoms with Gasteiger partial charge in [0.1, 0.15) is 22.2 Å². The van der Waals surface area contributed by atoms with Crippen molar-refractivity contribution in [3.05, 3.63) is 54.5 Å². The molecular weight excluding hydrogens is 390 g/mol. The van der Waals surface area contributed by atoms with Gasteiger partial charge in [-0.25, -0.2) is 13.4 Å². The number of methoxy groups -OCH3 is 2. The van der Waals surface area contributed by atoms with Gasteiger partial charge >= 0.3 is 0 Å². The molecule has 4 rings (SSSR count). The van der Waals surface area contributed by atoms with Crippen molar-refractivity contribution in [3.8, 4) is 22.8 Å². The first-order valence-electron chi connectivity index (χ1n) is 9.42. The van der Waals surface area contributed by atoms with Gasteiger partial charge in [0.05, 0.1) is 25.6 Å². The second-order valence-corrected chi connectivity index (χ2v) is 8.51. The fraction of sp³-hybridized carbons (Fsp3) is 0.286. The fourth-order valence-electron chi connectivity index (χ4n) is 3.53. The molecule has 29 heavy (non-hydrogen) atoms. The van der Waals surface area contributed by atoms with E-state index < -0.39 is 10.0 Å². The molecule has 152 valence electrons. The zero-order chi connectivity index (χ0) is 20.4. The number of nitrogens with one attached hydrogen (secondary N) is 1. The van der Waals surface area contributed by atoms with Crippen LogP contribution in [0, 0.1) is 0 Å². The quantitative estimate of drug-likeness (QED) is 0.666. The SMILES string of the molecule is COc1ccc(OC)c(S(=O)(=O)Nc2ccccc2-c2cn3c(n2)CCCC3)c1. The van der Waals surface area contributed by atoms with Crippen molar-refractivity contribution in [2.45, 2.75) is 30.7 Å². The number of aromatic nitrogens is 2. The maximum Gasteiger partial charge on any atom is 0.265 e. The summed E-state index contributed by atoms with van der Waals surface area (Å²) in [4.78, 5) is 4.74. The molecule has 0 fully saturated rings. The van der Waals surface area contributed by atoms with E-state index in [0.29, 0.717) is 11.4 Å². The number of aryl methyl sites for hydroxylation is 2. The number of anilines is 1. The van der Waals surface area contributed by atoms with E-state index in [1.165, 1.54) is 20.3 Å². The lowest BCUT2D eigenvalue weighted by atomic mass is 10.1. The van der Waals surface area contributed by atoms with Crippen molar-refractivity contribution in [3.63, 3.8) is 0 Å². The number of fused-ring (bicyclic) bond motifs is 1. The molecule has 7 nitrogen and oxygen atoms in total. The Morgan fingerprint density at radius 2 is 1.90 bits per heavy atom. The minimum Gasteiger partial charge on any atom is -0.497 e. The standard InChI is InChI=1S/C21H23N3O4S/c1-27-15-10-11-19(28-2)20(13-15)29(25,26)23-17-8-4-3-7-16(17)18-14-24-12-6-5-9-21(24)22-18/h3-4,7-8,10-11,13-14,23H,5-6,9,12H2,1-2H3. The van der Waals surface area contributed by atoms with E-state index in [9.17, 15) is 8.42 Å². The number of ether oxygens (including phenoxy) is 2. The summed E-state index contributed by atoms with van der Waals surface area (Å²) in [5.41, 5.74) is 1.96. The molecule has 0 aliphatic carbocycles. The third-order valence-electron chi connectivity index (χ3n) is 5.02. The summed E-state index contributed by atoms with van der Waals surface area (Å²) in [6, 6.07) is 11.9. The number of nitrogens with zero attached hydrogens (tertiary/aromatic N) is 2. The molecule has 1 aliphatic rings. The van der Waals surface area contributed by atoms with E-state index in [1.807, 2.05) is 18.3 Å². The first-order valence-corrected chi connectivity index (χ1v) is 10.9. The number of imidazole rings is 1. The number of hydrogen-bond acceptors (Lipinski definition) is 5. The summed E-state index contributed by atoms with van der Waals surface area (Å²) in [5, 5.41) is 0. The van der Waals surface area contributed by atoms with Crippen LogP contribution in [0.25, 0.3) is 11.3 Å². The van der Waals surface area contributed by atoms with Crippen LogP contribution in [-0.4, -0.2) is 32.2 Å². The minimum absolute atomic E-state index is 0.0123. The molecule has 1 N–H and O–H groups in total. The minimum atomic E-state index is -3.91. The van der Waals surface area contributed by atoms with Crippen molar-refractivity contribution >= 4 is 15.7 Å². The van der Waals surface area contributed by atoms with Crippen molar-refractivity contribution < 1.29 is 17.9 Å². The van der Waals surface area contributed by atoms with Gasteiger partial charge in [-0.2, -0.15) is 0 Å². The van der Waals surface area contributed by atoms with Gasteiger partial charge in [-0.3, -0.25) is 4.72 Å². The smallest absolute Gasteiger partial charge is 0.265 e. The predicted octanol–water partition coefficient (Wildman–Crippen LogP) is 3.70. The average molecular weight is 413 g/mol. The van der Waals surface area contributed by atoms with Gasteiger partial charge in [0.25, 0.3) is 10.0 Å². The molecule has 3 aromatic rings. The third-order valence-corrected chi connectivity index (χ3v) is 6.40. The largest absolute Gasteiger partial charge is 0.497 e. The summed E-state index contributed by atoms with van der Waals surface area (Å²) >= 11 is 0. The van der Waals surface area contributed by atoms with Crippen LogP contribution in [0.3, 0.4) is 0 Å². The molecule has 0 atom stereocenters. The normalized spacial score (nSPS) is 13.6. The van der Waals surface area contributed by atoms with Crippen LogP contribution in [0.5, 0.6) is 11.5 Å². The molecule has 8 heteroatoms. The summed E-state index contributed by atoms with van der Waals surface area (Å²) in [6.07, 6.45) is 5.19. The molecule has 1 aliphatic heterocycles. The van der Waals surface area contributed by atoms with E-state index in [2.05, 4.69) is 9.29 Å². The maximum atomic E-state index is 13.2. The van der Waals surface area contributed by atoms with Gasteiger partial charge < -0.3 is 14.0 Å². The highest BCUT2D eigenvalue weighted by Gasteiger charge is 2.23. The van der Waals surface area contributed by atoms with Crippen LogP contribution in [0.15, 0.2) is 53.6 Å². The van der Waals surface area contributed by atoms with Crippen molar-refractivity contribution in [1.29, 1.82) is 0 Å². The topological polar surface area (TPSA) is 82.5 Å². The molecule has 0 bridgehead atoms. The summed E-state index contributed by atoms with van der Waals surface area (Å²) in [6.45, 7) is 0.942. The molecular formula is C21H23N3O4S. The molecule has 1 aromatic heterocycles. The molecule has 0 saturated carbocycles. The number of sulfonamides is 1.